The minimum absolute atomic E-state index is 0. The number of hydrogen-bond donors (Lipinski definition) is 1. The lowest BCUT2D eigenvalue weighted by Crippen LogP contribution is -2.38. The van der Waals surface area contributed by atoms with Crippen molar-refractivity contribution in [2.75, 3.05) is 13.1 Å². The number of piperidine rings is 1. The largest absolute Gasteiger partial charge is 0.481 e. The summed E-state index contributed by atoms with van der Waals surface area (Å²) in [5.74, 6) is -0.884. The Balaban J connectivity index is 0.00000192. The zero-order valence-electron chi connectivity index (χ0n) is 13.0. The molecule has 0 aliphatic carbocycles. The summed E-state index contributed by atoms with van der Waals surface area (Å²) in [5.41, 5.74) is 1.90. The molecule has 2 aromatic rings. The predicted octanol–water partition coefficient (Wildman–Crippen LogP) is 2.55. The van der Waals surface area contributed by atoms with E-state index >= 15 is 0 Å². The van der Waals surface area contributed by atoms with Crippen molar-refractivity contribution in [1.29, 1.82) is 0 Å². The second-order valence-corrected chi connectivity index (χ2v) is 5.75. The third-order valence-electron chi connectivity index (χ3n) is 4.39. The minimum Gasteiger partial charge on any atom is -0.481 e. The molecule has 1 aromatic heterocycles. The highest BCUT2D eigenvalue weighted by Crippen LogP contribution is 2.25. The predicted molar refractivity (Wildman–Crippen MR) is 89.0 cm³/mol. The summed E-state index contributed by atoms with van der Waals surface area (Å²) in [5, 5.41) is 17.5. The number of aliphatic carboxylic acids is 1. The molecule has 1 saturated heterocycles. The van der Waals surface area contributed by atoms with E-state index in [1.807, 2.05) is 36.5 Å². The molecule has 1 atom stereocenters. The highest BCUT2D eigenvalue weighted by molar-refractivity contribution is 5.85. The molecule has 3 rings (SSSR count). The fraction of sp³-hybridized carbons (Fsp3) is 0.438. The van der Waals surface area contributed by atoms with E-state index in [4.69, 9.17) is 5.11 Å². The van der Waals surface area contributed by atoms with Crippen LogP contribution >= 0.6 is 12.4 Å². The Bertz CT molecular complexity index is 639. The van der Waals surface area contributed by atoms with E-state index in [9.17, 15) is 4.79 Å². The van der Waals surface area contributed by atoms with Gasteiger partial charge in [-0.15, -0.1) is 17.5 Å². The van der Waals surface area contributed by atoms with Crippen molar-refractivity contribution in [2.24, 2.45) is 5.92 Å². The molecule has 6 nitrogen and oxygen atoms in total. The van der Waals surface area contributed by atoms with Crippen molar-refractivity contribution in [2.45, 2.75) is 25.8 Å². The molecule has 1 aliphatic heterocycles. The van der Waals surface area contributed by atoms with Crippen LogP contribution in [-0.2, 0) is 4.79 Å². The van der Waals surface area contributed by atoms with E-state index in [1.165, 1.54) is 0 Å². The molecule has 7 heteroatoms. The van der Waals surface area contributed by atoms with E-state index < -0.39 is 5.97 Å². The molecule has 1 fully saturated rings. The van der Waals surface area contributed by atoms with Crippen LogP contribution in [0.4, 0.5) is 0 Å². The van der Waals surface area contributed by atoms with Crippen molar-refractivity contribution < 1.29 is 9.90 Å². The number of likely N-dealkylation sites (tertiary alicyclic amines) is 1. The molecule has 0 bridgehead atoms. The molecular weight excluding hydrogens is 316 g/mol. The molecule has 0 saturated carbocycles. The van der Waals surface area contributed by atoms with Crippen LogP contribution in [0.25, 0.3) is 5.69 Å². The van der Waals surface area contributed by atoms with Gasteiger partial charge in [0.1, 0.15) is 0 Å². The Morgan fingerprint density at radius 1 is 1.26 bits per heavy atom. The number of halogens is 1. The molecule has 1 unspecified atom stereocenters. The number of carboxylic acids is 1. The van der Waals surface area contributed by atoms with Crippen molar-refractivity contribution in [3.05, 3.63) is 42.2 Å². The second-order valence-electron chi connectivity index (χ2n) is 5.75. The number of hydrogen-bond acceptors (Lipinski definition) is 4. The molecule has 1 aromatic carbocycles. The van der Waals surface area contributed by atoms with Crippen LogP contribution in [0, 0.1) is 5.92 Å². The van der Waals surface area contributed by atoms with Gasteiger partial charge in [0, 0.05) is 0 Å². The SMILES string of the molecule is CC(c1cn(-c2ccccc2)nn1)N1CCC(C(=O)O)CC1.Cl. The Hall–Kier alpha value is -1.92. The number of benzene rings is 1. The first kappa shape index (κ1) is 17.4. The lowest BCUT2D eigenvalue weighted by molar-refractivity contribution is -0.143. The Kier molecular flexibility index (Phi) is 5.74. The van der Waals surface area contributed by atoms with Gasteiger partial charge >= 0.3 is 5.97 Å². The van der Waals surface area contributed by atoms with Crippen molar-refractivity contribution in [3.8, 4) is 5.69 Å². The third kappa shape index (κ3) is 3.89. The first-order chi connectivity index (χ1) is 10.6. The maximum absolute atomic E-state index is 11.0. The van der Waals surface area contributed by atoms with Crippen molar-refractivity contribution in [3.63, 3.8) is 0 Å². The minimum atomic E-state index is -0.678. The Morgan fingerprint density at radius 2 is 1.91 bits per heavy atom. The average molecular weight is 337 g/mol. The second kappa shape index (κ2) is 7.57. The van der Waals surface area contributed by atoms with Gasteiger partial charge in [-0.1, -0.05) is 23.4 Å². The summed E-state index contributed by atoms with van der Waals surface area (Å²) in [6, 6.07) is 10.0. The highest BCUT2D eigenvalue weighted by atomic mass is 35.5. The summed E-state index contributed by atoms with van der Waals surface area (Å²) in [6.45, 7) is 3.67. The summed E-state index contributed by atoms with van der Waals surface area (Å²) in [6.07, 6.45) is 3.35. The topological polar surface area (TPSA) is 71.2 Å². The number of aromatic nitrogens is 3. The number of nitrogens with zero attached hydrogens (tertiary/aromatic N) is 4. The molecule has 1 aliphatic rings. The standard InChI is InChI=1S/C16H20N4O2.ClH/c1-12(19-9-7-13(8-10-19)16(21)22)15-11-20(18-17-15)14-5-3-2-4-6-14;/h2-6,11-13H,7-10H2,1H3,(H,21,22);1H. The highest BCUT2D eigenvalue weighted by Gasteiger charge is 2.28. The van der Waals surface area contributed by atoms with E-state index in [1.54, 1.807) is 4.68 Å². The van der Waals surface area contributed by atoms with Gasteiger partial charge < -0.3 is 5.11 Å². The maximum atomic E-state index is 11.0. The van der Waals surface area contributed by atoms with Gasteiger partial charge in [-0.25, -0.2) is 4.68 Å². The smallest absolute Gasteiger partial charge is 0.306 e. The number of carbonyl (C=O) groups is 1. The van der Waals surface area contributed by atoms with Gasteiger partial charge in [-0.2, -0.15) is 0 Å². The van der Waals surface area contributed by atoms with E-state index in [-0.39, 0.29) is 24.4 Å². The van der Waals surface area contributed by atoms with Crippen molar-refractivity contribution >= 4 is 18.4 Å². The van der Waals surface area contributed by atoms with Crippen molar-refractivity contribution in [1.82, 2.24) is 19.9 Å². The number of carboxylic acid groups (broad SMARTS) is 1. The average Bonchev–Trinajstić information content (AvgIpc) is 3.05. The molecule has 1 N–H and O–H groups in total. The lowest BCUT2D eigenvalue weighted by Gasteiger charge is -2.33. The number of para-hydroxylation sites is 1. The fourth-order valence-corrected chi connectivity index (χ4v) is 2.90. The molecule has 0 amide bonds. The Labute approximate surface area is 141 Å². The van der Waals surface area contributed by atoms with E-state index in [0.717, 1.165) is 24.5 Å². The van der Waals surface area contributed by atoms with Crippen LogP contribution in [0.1, 0.15) is 31.5 Å². The van der Waals surface area contributed by atoms with Crippen LogP contribution in [0.2, 0.25) is 0 Å². The maximum Gasteiger partial charge on any atom is 0.306 e. The fourth-order valence-electron chi connectivity index (χ4n) is 2.90. The van der Waals surface area contributed by atoms with Crippen LogP contribution in [0.15, 0.2) is 36.5 Å². The van der Waals surface area contributed by atoms with E-state index in [2.05, 4.69) is 22.1 Å². The first-order valence-electron chi connectivity index (χ1n) is 7.59. The molecule has 124 valence electrons. The van der Waals surface area contributed by atoms with Gasteiger partial charge in [0.15, 0.2) is 0 Å². The summed E-state index contributed by atoms with van der Waals surface area (Å²) in [4.78, 5) is 13.3. The van der Waals surface area contributed by atoms with Gasteiger partial charge in [-0.05, 0) is 45.0 Å². The van der Waals surface area contributed by atoms with Crippen LogP contribution in [0.5, 0.6) is 0 Å². The summed E-state index contributed by atoms with van der Waals surface area (Å²) < 4.78 is 1.77. The zero-order chi connectivity index (χ0) is 15.5. The third-order valence-corrected chi connectivity index (χ3v) is 4.39. The lowest BCUT2D eigenvalue weighted by atomic mass is 9.96. The zero-order valence-corrected chi connectivity index (χ0v) is 13.8. The summed E-state index contributed by atoms with van der Waals surface area (Å²) >= 11 is 0. The quantitative estimate of drug-likeness (QED) is 0.929. The van der Waals surface area contributed by atoms with Crippen LogP contribution in [0.3, 0.4) is 0 Å². The number of rotatable bonds is 4. The monoisotopic (exact) mass is 336 g/mol. The molecule has 0 spiro atoms. The Morgan fingerprint density at radius 3 is 2.52 bits per heavy atom. The van der Waals surface area contributed by atoms with Gasteiger partial charge in [0.2, 0.25) is 0 Å². The molecule has 0 radical (unpaired) electrons. The van der Waals surface area contributed by atoms with Crippen LogP contribution in [-0.4, -0.2) is 44.1 Å². The molecule has 23 heavy (non-hydrogen) atoms. The molecule has 2 heterocycles. The normalized spacial score (nSPS) is 17.4. The van der Waals surface area contributed by atoms with Gasteiger partial charge in [-0.3, -0.25) is 9.69 Å². The van der Waals surface area contributed by atoms with E-state index in [0.29, 0.717) is 12.8 Å². The summed E-state index contributed by atoms with van der Waals surface area (Å²) in [7, 11) is 0. The van der Waals surface area contributed by atoms with Gasteiger partial charge in [0.25, 0.3) is 0 Å². The molecular formula is C16H21ClN4O2. The first-order valence-corrected chi connectivity index (χ1v) is 7.59. The van der Waals surface area contributed by atoms with Crippen LogP contribution < -0.4 is 0 Å². The van der Waals surface area contributed by atoms with Gasteiger partial charge in [0.05, 0.1) is 29.5 Å².